The van der Waals surface area contributed by atoms with Gasteiger partial charge in [0.15, 0.2) is 11.6 Å². The molecule has 0 atom stereocenters. The van der Waals surface area contributed by atoms with Crippen molar-refractivity contribution in [2.45, 2.75) is 6.18 Å². The van der Waals surface area contributed by atoms with E-state index in [0.717, 1.165) is 12.1 Å². The third kappa shape index (κ3) is 2.91. The molecule has 0 heterocycles. The molecule has 0 unspecified atom stereocenters. The van der Waals surface area contributed by atoms with Gasteiger partial charge in [-0.1, -0.05) is 11.6 Å². The summed E-state index contributed by atoms with van der Waals surface area (Å²) >= 11 is 7.45. The number of halogens is 7. The molecule has 1 rings (SSSR count). The van der Waals surface area contributed by atoms with Gasteiger partial charge in [-0.25, -0.2) is 13.8 Å². The fourth-order valence-corrected chi connectivity index (χ4v) is 1.17. The van der Waals surface area contributed by atoms with Gasteiger partial charge >= 0.3 is 6.18 Å². The van der Waals surface area contributed by atoms with Crippen LogP contribution in [-0.4, -0.2) is 11.3 Å². The molecular formula is C8H2BrClF5N. The highest BCUT2D eigenvalue weighted by molar-refractivity contribution is 9.10. The maximum atomic E-state index is 13.1. The van der Waals surface area contributed by atoms with Crippen LogP contribution in [0.4, 0.5) is 27.6 Å². The maximum absolute atomic E-state index is 13.1. The van der Waals surface area contributed by atoms with E-state index in [-0.39, 0.29) is 4.47 Å². The molecule has 0 amide bonds. The van der Waals surface area contributed by atoms with E-state index in [4.69, 9.17) is 11.6 Å². The third-order valence-corrected chi connectivity index (χ3v) is 2.38. The van der Waals surface area contributed by atoms with E-state index in [1.165, 1.54) is 0 Å². The minimum Gasteiger partial charge on any atom is -0.229 e. The van der Waals surface area contributed by atoms with Crippen molar-refractivity contribution in [2.24, 2.45) is 4.99 Å². The molecule has 16 heavy (non-hydrogen) atoms. The lowest BCUT2D eigenvalue weighted by molar-refractivity contribution is -0.0558. The Labute approximate surface area is 100 Å². The van der Waals surface area contributed by atoms with Crippen LogP contribution in [0.2, 0.25) is 0 Å². The van der Waals surface area contributed by atoms with Gasteiger partial charge in [0.25, 0.3) is 0 Å². The van der Waals surface area contributed by atoms with E-state index in [1.54, 1.807) is 0 Å². The summed E-state index contributed by atoms with van der Waals surface area (Å²) in [6, 6.07) is 1.90. The molecule has 0 fully saturated rings. The number of benzene rings is 1. The monoisotopic (exact) mass is 321 g/mol. The number of hydrogen-bond acceptors (Lipinski definition) is 1. The highest BCUT2D eigenvalue weighted by Gasteiger charge is 2.34. The van der Waals surface area contributed by atoms with Crippen LogP contribution in [0.15, 0.2) is 21.6 Å². The number of rotatable bonds is 1. The quantitative estimate of drug-likeness (QED) is 0.408. The first-order valence-electron chi connectivity index (χ1n) is 3.68. The van der Waals surface area contributed by atoms with Gasteiger partial charge in [0.2, 0.25) is 5.17 Å². The van der Waals surface area contributed by atoms with Gasteiger partial charge in [-0.15, -0.1) is 0 Å². The van der Waals surface area contributed by atoms with Crippen molar-refractivity contribution in [1.29, 1.82) is 0 Å². The molecule has 0 aliphatic rings. The second-order valence-electron chi connectivity index (χ2n) is 2.59. The van der Waals surface area contributed by atoms with Crippen LogP contribution >= 0.6 is 27.5 Å². The van der Waals surface area contributed by atoms with Crippen LogP contribution in [0, 0.1) is 11.6 Å². The minimum absolute atomic E-state index is 0.216. The van der Waals surface area contributed by atoms with Crippen molar-refractivity contribution in [3.05, 3.63) is 28.2 Å². The van der Waals surface area contributed by atoms with Gasteiger partial charge in [-0.05, 0) is 28.1 Å². The summed E-state index contributed by atoms with van der Waals surface area (Å²) in [6.07, 6.45) is -4.89. The molecule has 0 saturated carbocycles. The summed E-state index contributed by atoms with van der Waals surface area (Å²) < 4.78 is 61.7. The topological polar surface area (TPSA) is 12.4 Å². The smallest absolute Gasteiger partial charge is 0.229 e. The fourth-order valence-electron chi connectivity index (χ4n) is 0.771. The Morgan fingerprint density at radius 3 is 2.25 bits per heavy atom. The Hall–Kier alpha value is -0.690. The Morgan fingerprint density at radius 1 is 1.19 bits per heavy atom. The maximum Gasteiger partial charge on any atom is 0.444 e. The summed E-state index contributed by atoms with van der Waals surface area (Å²) in [6.45, 7) is 0. The Bertz CT molecular complexity index is 443. The Kier molecular flexibility index (Phi) is 3.90. The first-order valence-corrected chi connectivity index (χ1v) is 4.85. The van der Waals surface area contributed by atoms with E-state index < -0.39 is 28.7 Å². The fraction of sp³-hybridized carbons (Fsp3) is 0.125. The minimum atomic E-state index is -4.89. The molecule has 0 aliphatic heterocycles. The summed E-state index contributed by atoms with van der Waals surface area (Å²) in [5.74, 6) is -2.83. The molecule has 0 N–H and O–H groups in total. The normalized spacial score (nSPS) is 13.1. The first-order chi connectivity index (χ1) is 7.23. The van der Waals surface area contributed by atoms with Crippen LogP contribution < -0.4 is 0 Å². The van der Waals surface area contributed by atoms with Gasteiger partial charge in [-0.2, -0.15) is 13.2 Å². The van der Waals surface area contributed by atoms with Crippen molar-refractivity contribution in [2.75, 3.05) is 0 Å². The largest absolute Gasteiger partial charge is 0.444 e. The molecule has 88 valence electrons. The number of hydrogen-bond donors (Lipinski definition) is 0. The Balaban J connectivity index is 3.22. The molecule has 0 radical (unpaired) electrons. The van der Waals surface area contributed by atoms with E-state index >= 15 is 0 Å². The molecule has 0 bridgehead atoms. The average Bonchev–Trinajstić information content (AvgIpc) is 2.17. The number of nitrogens with zero attached hydrogens (tertiary/aromatic N) is 1. The van der Waals surface area contributed by atoms with Crippen LogP contribution in [0.1, 0.15) is 0 Å². The second-order valence-corrected chi connectivity index (χ2v) is 3.81. The van der Waals surface area contributed by atoms with Crippen molar-refractivity contribution in [1.82, 2.24) is 0 Å². The molecule has 1 nitrogen and oxygen atoms in total. The van der Waals surface area contributed by atoms with Crippen molar-refractivity contribution in [3.8, 4) is 0 Å². The number of aliphatic imine (C=N–C) groups is 1. The molecular weight excluding hydrogens is 320 g/mol. The lowest BCUT2D eigenvalue weighted by Gasteiger charge is -2.04. The number of alkyl halides is 3. The van der Waals surface area contributed by atoms with E-state index in [2.05, 4.69) is 20.9 Å². The molecule has 0 aromatic heterocycles. The van der Waals surface area contributed by atoms with E-state index in [1.807, 2.05) is 0 Å². The van der Waals surface area contributed by atoms with Gasteiger partial charge < -0.3 is 0 Å². The predicted octanol–water partition coefficient (Wildman–Crippen LogP) is 4.56. The molecule has 0 saturated heterocycles. The summed E-state index contributed by atoms with van der Waals surface area (Å²) in [5.41, 5.74) is -0.817. The average molecular weight is 322 g/mol. The van der Waals surface area contributed by atoms with Crippen LogP contribution in [0.5, 0.6) is 0 Å². The molecule has 8 heteroatoms. The van der Waals surface area contributed by atoms with Crippen molar-refractivity contribution >= 4 is 38.4 Å². The zero-order valence-electron chi connectivity index (χ0n) is 7.25. The summed E-state index contributed by atoms with van der Waals surface area (Å²) in [5, 5.41) is -1.77. The first kappa shape index (κ1) is 13.4. The molecule has 1 aromatic rings. The summed E-state index contributed by atoms with van der Waals surface area (Å²) in [4.78, 5) is 2.75. The highest BCUT2D eigenvalue weighted by Crippen LogP contribution is 2.29. The zero-order valence-corrected chi connectivity index (χ0v) is 9.59. The van der Waals surface area contributed by atoms with E-state index in [9.17, 15) is 22.0 Å². The van der Waals surface area contributed by atoms with Gasteiger partial charge in [0, 0.05) is 0 Å². The standard InChI is InChI=1S/C8H2BrClF5N/c9-3-1-2-4(6(12)5(3)11)16-7(10)8(13,14)15/h1-2H. The van der Waals surface area contributed by atoms with Crippen molar-refractivity contribution < 1.29 is 22.0 Å². The third-order valence-electron chi connectivity index (χ3n) is 1.47. The van der Waals surface area contributed by atoms with Crippen molar-refractivity contribution in [3.63, 3.8) is 0 Å². The highest BCUT2D eigenvalue weighted by atomic mass is 79.9. The predicted molar refractivity (Wildman–Crippen MR) is 53.1 cm³/mol. The molecule has 1 aromatic carbocycles. The van der Waals surface area contributed by atoms with Crippen LogP contribution in [0.3, 0.4) is 0 Å². The van der Waals surface area contributed by atoms with Gasteiger partial charge in [0.1, 0.15) is 5.69 Å². The Morgan fingerprint density at radius 2 is 1.75 bits per heavy atom. The van der Waals surface area contributed by atoms with Crippen LogP contribution in [-0.2, 0) is 0 Å². The second kappa shape index (κ2) is 4.67. The lowest BCUT2D eigenvalue weighted by atomic mass is 10.3. The lowest BCUT2D eigenvalue weighted by Crippen LogP contribution is -2.16. The molecule has 0 aliphatic carbocycles. The van der Waals surface area contributed by atoms with Gasteiger partial charge in [0.05, 0.1) is 4.47 Å². The molecule has 0 spiro atoms. The van der Waals surface area contributed by atoms with Crippen LogP contribution in [0.25, 0.3) is 0 Å². The van der Waals surface area contributed by atoms with E-state index in [0.29, 0.717) is 0 Å². The zero-order chi connectivity index (χ0) is 12.5. The van der Waals surface area contributed by atoms with Gasteiger partial charge in [-0.3, -0.25) is 0 Å². The summed E-state index contributed by atoms with van der Waals surface area (Å²) in [7, 11) is 0. The SMILES string of the molecule is Fc1c(Br)ccc(N=C(Cl)C(F)(F)F)c1F.